The van der Waals surface area contributed by atoms with E-state index in [-0.39, 0.29) is 12.0 Å². The average Bonchev–Trinajstić information content (AvgIpc) is 2.45. The molecule has 0 aliphatic heterocycles. The first-order valence-corrected chi connectivity index (χ1v) is 7.56. The highest BCUT2D eigenvalue weighted by Crippen LogP contribution is 2.29. The molecule has 0 amide bonds. The third-order valence-electron chi connectivity index (χ3n) is 2.98. The van der Waals surface area contributed by atoms with Gasteiger partial charge in [-0.2, -0.15) is 0 Å². The summed E-state index contributed by atoms with van der Waals surface area (Å²) < 4.78 is 11.4. The second kappa shape index (κ2) is 8.27. The van der Waals surface area contributed by atoms with E-state index in [0.29, 0.717) is 5.75 Å². The van der Waals surface area contributed by atoms with Crippen molar-refractivity contribution in [2.45, 2.75) is 39.3 Å². The molecule has 2 atom stereocenters. The summed E-state index contributed by atoms with van der Waals surface area (Å²) in [6.45, 7) is 6.81. The molecule has 0 fully saturated rings. The van der Waals surface area contributed by atoms with Crippen LogP contribution in [-0.4, -0.2) is 25.7 Å². The Balaban J connectivity index is 2.92. The van der Waals surface area contributed by atoms with E-state index in [4.69, 9.17) is 4.74 Å². The maximum Gasteiger partial charge on any atom is 0.346 e. The third-order valence-corrected chi connectivity index (χ3v) is 3.47. The first kappa shape index (κ1) is 17.0. The van der Waals surface area contributed by atoms with Crippen LogP contribution in [0.15, 0.2) is 22.7 Å². The Hall–Kier alpha value is -1.07. The summed E-state index contributed by atoms with van der Waals surface area (Å²) in [5.74, 6) is 0.315. The highest BCUT2D eigenvalue weighted by molar-refractivity contribution is 9.10. The maximum absolute atomic E-state index is 11.5. The Labute approximate surface area is 129 Å². The zero-order valence-corrected chi connectivity index (χ0v) is 14.0. The molecule has 1 rings (SSSR count). The van der Waals surface area contributed by atoms with Crippen LogP contribution in [0.5, 0.6) is 5.75 Å². The van der Waals surface area contributed by atoms with Crippen LogP contribution in [0.2, 0.25) is 0 Å². The molecule has 0 saturated carbocycles. The summed E-state index contributed by atoms with van der Waals surface area (Å²) in [7, 11) is 1.36. The zero-order chi connectivity index (χ0) is 15.1. The molecule has 0 spiro atoms. The molecule has 0 heterocycles. The summed E-state index contributed by atoms with van der Waals surface area (Å²) in [6, 6.07) is 5.91. The minimum absolute atomic E-state index is 0.146. The van der Waals surface area contributed by atoms with Gasteiger partial charge < -0.3 is 14.8 Å². The van der Waals surface area contributed by atoms with Crippen molar-refractivity contribution in [2.75, 3.05) is 13.7 Å². The van der Waals surface area contributed by atoms with E-state index in [0.717, 1.165) is 23.0 Å². The first-order chi connectivity index (χ1) is 9.49. The molecule has 2 unspecified atom stereocenters. The SMILES string of the molecule is CCCNC(C)c1cc(Br)ccc1OC(C)C(=O)OC. The van der Waals surface area contributed by atoms with Gasteiger partial charge in [0.05, 0.1) is 7.11 Å². The number of benzene rings is 1. The molecule has 0 aromatic heterocycles. The Kier molecular flexibility index (Phi) is 7.02. The Morgan fingerprint density at radius 2 is 2.10 bits per heavy atom. The number of esters is 1. The number of carbonyl (C=O) groups is 1. The molecule has 0 aliphatic carbocycles. The fourth-order valence-electron chi connectivity index (χ4n) is 1.84. The molecular weight excluding hydrogens is 322 g/mol. The van der Waals surface area contributed by atoms with Crippen LogP contribution in [0.1, 0.15) is 38.8 Å². The molecule has 1 aromatic carbocycles. The molecule has 1 N–H and O–H groups in total. The molecule has 20 heavy (non-hydrogen) atoms. The van der Waals surface area contributed by atoms with Crippen molar-refractivity contribution in [2.24, 2.45) is 0 Å². The lowest BCUT2D eigenvalue weighted by atomic mass is 10.1. The topological polar surface area (TPSA) is 47.6 Å². The lowest BCUT2D eigenvalue weighted by molar-refractivity contribution is -0.147. The van der Waals surface area contributed by atoms with E-state index in [1.54, 1.807) is 6.92 Å². The monoisotopic (exact) mass is 343 g/mol. The fraction of sp³-hybridized carbons (Fsp3) is 0.533. The summed E-state index contributed by atoms with van der Waals surface area (Å²) in [5, 5.41) is 3.42. The van der Waals surface area contributed by atoms with E-state index < -0.39 is 6.10 Å². The predicted molar refractivity (Wildman–Crippen MR) is 83.0 cm³/mol. The zero-order valence-electron chi connectivity index (χ0n) is 12.4. The molecular formula is C15H22BrNO3. The standard InChI is InChI=1S/C15H22BrNO3/c1-5-8-17-10(2)13-9-12(16)6-7-14(13)20-11(3)15(18)19-4/h6-7,9-11,17H,5,8H2,1-4H3. The number of halogens is 1. The highest BCUT2D eigenvalue weighted by atomic mass is 79.9. The number of hydrogen-bond acceptors (Lipinski definition) is 4. The van der Waals surface area contributed by atoms with Gasteiger partial charge in [0.1, 0.15) is 5.75 Å². The summed E-state index contributed by atoms with van der Waals surface area (Å²) >= 11 is 3.47. The van der Waals surface area contributed by atoms with E-state index in [1.165, 1.54) is 7.11 Å². The molecule has 112 valence electrons. The number of ether oxygens (including phenoxy) is 2. The van der Waals surface area contributed by atoms with Crippen molar-refractivity contribution in [3.05, 3.63) is 28.2 Å². The van der Waals surface area contributed by atoms with Crippen molar-refractivity contribution >= 4 is 21.9 Å². The van der Waals surface area contributed by atoms with E-state index >= 15 is 0 Å². The predicted octanol–water partition coefficient (Wildman–Crippen LogP) is 3.45. The van der Waals surface area contributed by atoms with Gasteiger partial charge in [0.15, 0.2) is 6.10 Å². The quantitative estimate of drug-likeness (QED) is 0.770. The van der Waals surface area contributed by atoms with E-state index in [1.807, 2.05) is 18.2 Å². The van der Waals surface area contributed by atoms with Crippen LogP contribution in [0.3, 0.4) is 0 Å². The van der Waals surface area contributed by atoms with Gasteiger partial charge in [0.25, 0.3) is 0 Å². The Morgan fingerprint density at radius 3 is 2.70 bits per heavy atom. The van der Waals surface area contributed by atoms with Crippen LogP contribution >= 0.6 is 15.9 Å². The minimum Gasteiger partial charge on any atom is -0.479 e. The summed E-state index contributed by atoms with van der Waals surface area (Å²) in [5.41, 5.74) is 1.02. The molecule has 1 aromatic rings. The normalized spacial score (nSPS) is 13.7. The molecule has 5 heteroatoms. The van der Waals surface area contributed by atoms with Crippen LogP contribution in [0.25, 0.3) is 0 Å². The number of hydrogen-bond donors (Lipinski definition) is 1. The van der Waals surface area contributed by atoms with Gasteiger partial charge in [-0.1, -0.05) is 22.9 Å². The van der Waals surface area contributed by atoms with Crippen molar-refractivity contribution < 1.29 is 14.3 Å². The van der Waals surface area contributed by atoms with Crippen molar-refractivity contribution in [3.8, 4) is 5.75 Å². The van der Waals surface area contributed by atoms with Crippen LogP contribution in [0, 0.1) is 0 Å². The van der Waals surface area contributed by atoms with Crippen molar-refractivity contribution in [3.63, 3.8) is 0 Å². The maximum atomic E-state index is 11.5. The number of methoxy groups -OCH3 is 1. The first-order valence-electron chi connectivity index (χ1n) is 6.76. The third kappa shape index (κ3) is 4.80. The van der Waals surface area contributed by atoms with Gasteiger partial charge >= 0.3 is 5.97 Å². The molecule has 4 nitrogen and oxygen atoms in total. The van der Waals surface area contributed by atoms with Crippen LogP contribution in [-0.2, 0) is 9.53 Å². The van der Waals surface area contributed by atoms with E-state index in [2.05, 4.69) is 39.8 Å². The lowest BCUT2D eigenvalue weighted by Gasteiger charge is -2.20. The molecule has 0 aliphatic rings. The van der Waals surface area contributed by atoms with Crippen molar-refractivity contribution in [1.82, 2.24) is 5.32 Å². The van der Waals surface area contributed by atoms with Gasteiger partial charge in [-0.05, 0) is 45.0 Å². The lowest BCUT2D eigenvalue weighted by Crippen LogP contribution is -2.26. The van der Waals surface area contributed by atoms with Crippen molar-refractivity contribution in [1.29, 1.82) is 0 Å². The minimum atomic E-state index is -0.627. The Morgan fingerprint density at radius 1 is 1.40 bits per heavy atom. The average molecular weight is 344 g/mol. The summed E-state index contributed by atoms with van der Waals surface area (Å²) in [6.07, 6.45) is 0.436. The largest absolute Gasteiger partial charge is 0.479 e. The number of carbonyl (C=O) groups excluding carboxylic acids is 1. The number of nitrogens with one attached hydrogen (secondary N) is 1. The summed E-state index contributed by atoms with van der Waals surface area (Å²) in [4.78, 5) is 11.5. The smallest absolute Gasteiger partial charge is 0.346 e. The second-order valence-corrected chi connectivity index (χ2v) is 5.56. The van der Waals surface area contributed by atoms with Crippen LogP contribution in [0.4, 0.5) is 0 Å². The van der Waals surface area contributed by atoms with Gasteiger partial charge in [0.2, 0.25) is 0 Å². The second-order valence-electron chi connectivity index (χ2n) is 4.64. The fourth-order valence-corrected chi connectivity index (χ4v) is 2.22. The van der Waals surface area contributed by atoms with Gasteiger partial charge in [-0.25, -0.2) is 4.79 Å². The van der Waals surface area contributed by atoms with Gasteiger partial charge in [-0.15, -0.1) is 0 Å². The number of rotatable bonds is 7. The Bertz CT molecular complexity index is 451. The van der Waals surface area contributed by atoms with Gasteiger partial charge in [-0.3, -0.25) is 0 Å². The van der Waals surface area contributed by atoms with E-state index in [9.17, 15) is 4.79 Å². The van der Waals surface area contributed by atoms with Crippen LogP contribution < -0.4 is 10.1 Å². The van der Waals surface area contributed by atoms with Gasteiger partial charge in [0, 0.05) is 16.1 Å². The highest BCUT2D eigenvalue weighted by Gasteiger charge is 2.18. The molecule has 0 saturated heterocycles. The molecule has 0 bridgehead atoms. The molecule has 0 radical (unpaired) electrons.